The second-order valence-electron chi connectivity index (χ2n) is 6.87. The van der Waals surface area contributed by atoms with E-state index in [1.807, 2.05) is 0 Å². The largest absolute Gasteiger partial charge is 0.482 e. The van der Waals surface area contributed by atoms with Gasteiger partial charge in [-0.25, -0.2) is 23.7 Å². The van der Waals surface area contributed by atoms with Crippen molar-refractivity contribution >= 4 is 5.82 Å². The van der Waals surface area contributed by atoms with Crippen LogP contribution >= 0.6 is 0 Å². The first kappa shape index (κ1) is 20.6. The summed E-state index contributed by atoms with van der Waals surface area (Å²) in [5.74, 6) is -1.72. The van der Waals surface area contributed by atoms with Crippen molar-refractivity contribution in [1.82, 2.24) is 24.9 Å². The van der Waals surface area contributed by atoms with Gasteiger partial charge in [0, 0.05) is 24.7 Å². The minimum Gasteiger partial charge on any atom is -0.482 e. The van der Waals surface area contributed by atoms with Crippen molar-refractivity contribution in [3.63, 3.8) is 0 Å². The normalized spacial score (nSPS) is 17.5. The maximum atomic E-state index is 14.7. The summed E-state index contributed by atoms with van der Waals surface area (Å²) in [5, 5.41) is 0. The van der Waals surface area contributed by atoms with Crippen LogP contribution in [-0.4, -0.2) is 64.3 Å². The van der Waals surface area contributed by atoms with Gasteiger partial charge in [0.1, 0.15) is 17.4 Å². The van der Waals surface area contributed by atoms with E-state index < -0.39 is 18.6 Å². The van der Waals surface area contributed by atoms with Gasteiger partial charge in [-0.15, -0.1) is 0 Å². The highest BCUT2D eigenvalue weighted by atomic mass is 19.3. The van der Waals surface area contributed by atoms with Crippen molar-refractivity contribution < 1.29 is 23.0 Å². The molecule has 0 aliphatic carbocycles. The van der Waals surface area contributed by atoms with Crippen LogP contribution in [0.5, 0.6) is 17.6 Å². The third kappa shape index (κ3) is 4.30. The number of aromatic nitrogens is 5. The molecule has 1 saturated heterocycles. The van der Waals surface area contributed by atoms with Crippen LogP contribution in [0.3, 0.4) is 0 Å². The minimum absolute atomic E-state index is 0.0402. The summed E-state index contributed by atoms with van der Waals surface area (Å²) in [6, 6.07) is 4.83. The first-order valence-corrected chi connectivity index (χ1v) is 9.40. The van der Waals surface area contributed by atoms with Crippen molar-refractivity contribution in [2.45, 2.75) is 19.0 Å². The highest BCUT2D eigenvalue weighted by Crippen LogP contribution is 2.35. The molecule has 4 rings (SSSR count). The lowest BCUT2D eigenvalue weighted by Crippen LogP contribution is -2.36. The first-order valence-electron chi connectivity index (χ1n) is 9.40. The van der Waals surface area contributed by atoms with Gasteiger partial charge in [-0.05, 0) is 19.1 Å². The molecule has 0 bridgehead atoms. The van der Waals surface area contributed by atoms with Gasteiger partial charge in [0.05, 0.1) is 38.6 Å². The summed E-state index contributed by atoms with van der Waals surface area (Å²) >= 11 is 0. The standard InChI is InChI=1S/C20H20F2N6O3/c1-12-25-15(14-9-24-19(30-3)27-18(14)29-2)8-17(26-12)28-10-16(20(21,22)11-28)31-13-4-6-23-7-5-13/h4-9,16H,10-11H2,1-3H3. The van der Waals surface area contributed by atoms with Crippen LogP contribution in [-0.2, 0) is 0 Å². The summed E-state index contributed by atoms with van der Waals surface area (Å²) in [6.45, 7) is 1.11. The number of pyridine rings is 1. The summed E-state index contributed by atoms with van der Waals surface area (Å²) in [7, 11) is 2.90. The van der Waals surface area contributed by atoms with Crippen LogP contribution in [0.15, 0.2) is 36.8 Å². The average molecular weight is 430 g/mol. The molecule has 0 spiro atoms. The molecule has 3 aromatic heterocycles. The Bertz CT molecular complexity index is 1070. The predicted octanol–water partition coefficient (Wildman–Crippen LogP) is 2.56. The fourth-order valence-electron chi connectivity index (χ4n) is 3.27. The maximum absolute atomic E-state index is 14.7. The zero-order chi connectivity index (χ0) is 22.0. The summed E-state index contributed by atoms with van der Waals surface area (Å²) in [6.07, 6.45) is 3.16. The number of hydrogen-bond acceptors (Lipinski definition) is 9. The van der Waals surface area contributed by atoms with Crippen molar-refractivity contribution in [1.29, 1.82) is 0 Å². The Morgan fingerprint density at radius 1 is 1.10 bits per heavy atom. The number of anilines is 1. The van der Waals surface area contributed by atoms with Crippen molar-refractivity contribution in [2.24, 2.45) is 0 Å². The zero-order valence-electron chi connectivity index (χ0n) is 17.1. The molecular formula is C20H20F2N6O3. The van der Waals surface area contributed by atoms with Crippen LogP contribution in [0.25, 0.3) is 11.3 Å². The number of aryl methyl sites for hydroxylation is 1. The SMILES string of the molecule is COc1ncc(-c2cc(N3CC(Oc4ccncc4)C(F)(F)C3)nc(C)n2)c(OC)n1. The van der Waals surface area contributed by atoms with Gasteiger partial charge < -0.3 is 19.1 Å². The van der Waals surface area contributed by atoms with Crippen LogP contribution in [0.2, 0.25) is 0 Å². The van der Waals surface area contributed by atoms with Crippen molar-refractivity contribution in [3.05, 3.63) is 42.6 Å². The maximum Gasteiger partial charge on any atom is 0.319 e. The smallest absolute Gasteiger partial charge is 0.319 e. The Labute approximate surface area is 177 Å². The van der Waals surface area contributed by atoms with E-state index in [0.29, 0.717) is 28.6 Å². The molecule has 3 aromatic rings. The molecule has 4 heterocycles. The van der Waals surface area contributed by atoms with Crippen molar-refractivity contribution in [2.75, 3.05) is 32.2 Å². The highest BCUT2D eigenvalue weighted by molar-refractivity contribution is 5.67. The molecule has 1 aliphatic heterocycles. The molecule has 0 N–H and O–H groups in total. The summed E-state index contributed by atoms with van der Waals surface area (Å²) in [4.78, 5) is 22.3. The van der Waals surface area contributed by atoms with E-state index in [1.165, 1.54) is 37.7 Å². The molecule has 11 heteroatoms. The highest BCUT2D eigenvalue weighted by Gasteiger charge is 2.50. The Kier molecular flexibility index (Phi) is 5.49. The van der Waals surface area contributed by atoms with E-state index in [9.17, 15) is 8.78 Å². The third-order valence-corrected chi connectivity index (χ3v) is 4.72. The Balaban J connectivity index is 1.63. The van der Waals surface area contributed by atoms with Gasteiger partial charge >= 0.3 is 11.9 Å². The molecule has 0 radical (unpaired) electrons. The number of alkyl halides is 2. The monoisotopic (exact) mass is 430 g/mol. The van der Waals surface area contributed by atoms with E-state index in [2.05, 4.69) is 24.9 Å². The second-order valence-corrected chi connectivity index (χ2v) is 6.87. The first-order chi connectivity index (χ1) is 14.9. The topological polar surface area (TPSA) is 95.4 Å². The van der Waals surface area contributed by atoms with Gasteiger partial charge in [-0.2, -0.15) is 4.98 Å². The van der Waals surface area contributed by atoms with Gasteiger partial charge in [0.25, 0.3) is 0 Å². The van der Waals surface area contributed by atoms with Crippen molar-refractivity contribution in [3.8, 4) is 28.9 Å². The van der Waals surface area contributed by atoms with Gasteiger partial charge in [-0.3, -0.25) is 4.98 Å². The number of methoxy groups -OCH3 is 2. The van der Waals surface area contributed by atoms with Gasteiger partial charge in [0.15, 0.2) is 6.10 Å². The van der Waals surface area contributed by atoms with E-state index in [4.69, 9.17) is 14.2 Å². The molecule has 0 amide bonds. The van der Waals surface area contributed by atoms with E-state index >= 15 is 0 Å². The van der Waals surface area contributed by atoms with Crippen LogP contribution in [0, 0.1) is 6.92 Å². The van der Waals surface area contributed by atoms with Crippen LogP contribution in [0.1, 0.15) is 5.82 Å². The molecule has 1 atom stereocenters. The zero-order valence-corrected chi connectivity index (χ0v) is 17.1. The lowest BCUT2D eigenvalue weighted by atomic mass is 10.2. The molecule has 162 valence electrons. The molecule has 9 nitrogen and oxygen atoms in total. The molecule has 1 aliphatic rings. The van der Waals surface area contributed by atoms with E-state index in [0.717, 1.165) is 0 Å². The summed E-state index contributed by atoms with van der Waals surface area (Å²) in [5.41, 5.74) is 0.939. The average Bonchev–Trinajstić information content (AvgIpc) is 3.07. The fraction of sp³-hybridized carbons (Fsp3) is 0.350. The molecule has 31 heavy (non-hydrogen) atoms. The lowest BCUT2D eigenvalue weighted by molar-refractivity contribution is -0.0594. The number of nitrogens with zero attached hydrogens (tertiary/aromatic N) is 6. The Morgan fingerprint density at radius 3 is 2.58 bits per heavy atom. The molecule has 1 unspecified atom stereocenters. The Morgan fingerprint density at radius 2 is 1.87 bits per heavy atom. The van der Waals surface area contributed by atoms with Gasteiger partial charge in [-0.1, -0.05) is 0 Å². The molecule has 1 fully saturated rings. The summed E-state index contributed by atoms with van der Waals surface area (Å²) < 4.78 is 45.2. The van der Waals surface area contributed by atoms with E-state index in [-0.39, 0.29) is 18.4 Å². The lowest BCUT2D eigenvalue weighted by Gasteiger charge is -2.18. The minimum atomic E-state index is -3.07. The quantitative estimate of drug-likeness (QED) is 0.585. The fourth-order valence-corrected chi connectivity index (χ4v) is 3.27. The number of hydrogen-bond donors (Lipinski definition) is 0. The number of halogens is 2. The van der Waals surface area contributed by atoms with Crippen LogP contribution < -0.4 is 19.1 Å². The molecule has 0 aromatic carbocycles. The Hall–Kier alpha value is -3.63. The molecule has 0 saturated carbocycles. The predicted molar refractivity (Wildman–Crippen MR) is 107 cm³/mol. The number of rotatable bonds is 6. The number of ether oxygens (including phenoxy) is 3. The van der Waals surface area contributed by atoms with E-state index in [1.54, 1.807) is 25.1 Å². The molecular weight excluding hydrogens is 410 g/mol. The third-order valence-electron chi connectivity index (χ3n) is 4.72. The van der Waals surface area contributed by atoms with Gasteiger partial charge in [0.2, 0.25) is 5.88 Å². The second kappa shape index (κ2) is 8.25. The van der Waals surface area contributed by atoms with Crippen LogP contribution in [0.4, 0.5) is 14.6 Å².